The van der Waals surface area contributed by atoms with Gasteiger partial charge in [-0.15, -0.1) is 0 Å². The molecule has 5 atom stereocenters. The van der Waals surface area contributed by atoms with Gasteiger partial charge in [0, 0.05) is 23.7 Å². The van der Waals surface area contributed by atoms with Crippen molar-refractivity contribution in [3.05, 3.63) is 36.0 Å². The van der Waals surface area contributed by atoms with Crippen LogP contribution in [0.5, 0.6) is 0 Å². The Kier molecular flexibility index (Phi) is 6.12. The molecule has 2 rings (SSSR count). The molecule has 0 bridgehead atoms. The highest BCUT2D eigenvalue weighted by Gasteiger charge is 2.50. The number of aliphatic hydroxyl groups is 1. The summed E-state index contributed by atoms with van der Waals surface area (Å²) in [4.78, 5) is 25.5. The molecule has 1 N–H and O–H groups in total. The van der Waals surface area contributed by atoms with Crippen molar-refractivity contribution in [3.8, 4) is 0 Å². The van der Waals surface area contributed by atoms with E-state index in [1.165, 1.54) is 5.57 Å². The second kappa shape index (κ2) is 7.64. The molecular formula is C23H34O3. The number of ketones is 2. The van der Waals surface area contributed by atoms with Gasteiger partial charge in [-0.2, -0.15) is 0 Å². The van der Waals surface area contributed by atoms with Gasteiger partial charge in [-0.05, 0) is 36.2 Å². The third-order valence-electron chi connectivity index (χ3n) is 7.37. The second-order valence-electron chi connectivity index (χ2n) is 8.74. The highest BCUT2D eigenvalue weighted by Crippen LogP contribution is 2.52. The fraction of sp³-hybridized carbons (Fsp3) is 0.652. The molecule has 26 heavy (non-hydrogen) atoms. The van der Waals surface area contributed by atoms with Crippen molar-refractivity contribution in [2.75, 3.05) is 6.61 Å². The summed E-state index contributed by atoms with van der Waals surface area (Å²) in [6.45, 7) is 14.0. The molecule has 1 fully saturated rings. The quantitative estimate of drug-likeness (QED) is 0.720. The van der Waals surface area contributed by atoms with Gasteiger partial charge in [-0.3, -0.25) is 9.59 Å². The van der Waals surface area contributed by atoms with Gasteiger partial charge in [0.05, 0.1) is 0 Å². The van der Waals surface area contributed by atoms with Crippen LogP contribution in [0.2, 0.25) is 0 Å². The maximum Gasteiger partial charge on any atom is 0.161 e. The fourth-order valence-corrected chi connectivity index (χ4v) is 4.94. The largest absolute Gasteiger partial charge is 0.389 e. The van der Waals surface area contributed by atoms with Crippen molar-refractivity contribution < 1.29 is 14.7 Å². The highest BCUT2D eigenvalue weighted by atomic mass is 16.3. The first-order chi connectivity index (χ1) is 12.1. The summed E-state index contributed by atoms with van der Waals surface area (Å²) in [6, 6.07) is 0. The molecule has 144 valence electrons. The number of hydrogen-bond donors (Lipinski definition) is 1. The topological polar surface area (TPSA) is 54.4 Å². The summed E-state index contributed by atoms with van der Waals surface area (Å²) >= 11 is 0. The monoisotopic (exact) mass is 358 g/mol. The second-order valence-corrected chi connectivity index (χ2v) is 8.74. The predicted octanol–water partition coefficient (Wildman–Crippen LogP) is 4.66. The number of allylic oxidation sites excluding steroid dienone is 5. The van der Waals surface area contributed by atoms with Gasteiger partial charge in [-0.25, -0.2) is 0 Å². The Labute approximate surface area is 158 Å². The first-order valence-corrected chi connectivity index (χ1v) is 9.85. The van der Waals surface area contributed by atoms with E-state index in [9.17, 15) is 14.7 Å². The Morgan fingerprint density at radius 2 is 2.00 bits per heavy atom. The van der Waals surface area contributed by atoms with Crippen LogP contribution in [0.3, 0.4) is 0 Å². The third-order valence-corrected chi connectivity index (χ3v) is 7.37. The van der Waals surface area contributed by atoms with Gasteiger partial charge >= 0.3 is 0 Å². The van der Waals surface area contributed by atoms with Gasteiger partial charge in [0.25, 0.3) is 0 Å². The summed E-state index contributed by atoms with van der Waals surface area (Å²) in [5.74, 6) is 0.0132. The summed E-state index contributed by atoms with van der Waals surface area (Å²) in [7, 11) is 0. The molecule has 2 aliphatic rings. The number of carbonyl (C=O) groups excluding carboxylic acids is 2. The van der Waals surface area contributed by atoms with Gasteiger partial charge in [0.1, 0.15) is 12.4 Å². The molecule has 0 aromatic heterocycles. The molecule has 3 heteroatoms. The molecule has 1 saturated carbocycles. The zero-order chi connectivity index (χ0) is 19.7. The molecule has 0 aromatic rings. The molecule has 3 unspecified atom stereocenters. The van der Waals surface area contributed by atoms with Gasteiger partial charge in [0.2, 0.25) is 0 Å². The van der Waals surface area contributed by atoms with Crippen molar-refractivity contribution >= 4 is 11.6 Å². The molecule has 0 saturated heterocycles. The summed E-state index contributed by atoms with van der Waals surface area (Å²) in [6.07, 6.45) is 9.21. The van der Waals surface area contributed by atoms with Crippen molar-refractivity contribution in [2.45, 2.75) is 60.3 Å². The Balaban J connectivity index is 2.25. The van der Waals surface area contributed by atoms with E-state index < -0.39 is 6.61 Å². The van der Waals surface area contributed by atoms with Crippen molar-refractivity contribution in [1.82, 2.24) is 0 Å². The smallest absolute Gasteiger partial charge is 0.161 e. The van der Waals surface area contributed by atoms with Gasteiger partial charge < -0.3 is 5.11 Å². The molecule has 2 aliphatic carbocycles. The van der Waals surface area contributed by atoms with E-state index in [4.69, 9.17) is 0 Å². The normalized spacial score (nSPS) is 35.3. The number of aliphatic hydroxyl groups excluding tert-OH is 1. The average molecular weight is 359 g/mol. The van der Waals surface area contributed by atoms with Crippen LogP contribution in [-0.4, -0.2) is 23.3 Å². The fourth-order valence-electron chi connectivity index (χ4n) is 4.94. The maximum absolute atomic E-state index is 13.3. The van der Waals surface area contributed by atoms with Crippen molar-refractivity contribution in [2.24, 2.45) is 28.6 Å². The lowest BCUT2D eigenvalue weighted by atomic mass is 9.63. The van der Waals surface area contributed by atoms with E-state index in [1.54, 1.807) is 0 Å². The summed E-state index contributed by atoms with van der Waals surface area (Å²) in [5.41, 5.74) is 1.55. The maximum atomic E-state index is 13.3. The number of rotatable bonds is 7. The third kappa shape index (κ3) is 3.51. The van der Waals surface area contributed by atoms with Crippen LogP contribution in [0, 0.1) is 28.6 Å². The van der Waals surface area contributed by atoms with Crippen molar-refractivity contribution in [1.29, 1.82) is 0 Å². The van der Waals surface area contributed by atoms with Crippen LogP contribution in [0.4, 0.5) is 0 Å². The summed E-state index contributed by atoms with van der Waals surface area (Å²) in [5, 5.41) is 9.33. The first-order valence-electron chi connectivity index (χ1n) is 9.85. The van der Waals surface area contributed by atoms with Gasteiger partial charge in [0.15, 0.2) is 5.78 Å². The molecular weight excluding hydrogens is 324 g/mol. The van der Waals surface area contributed by atoms with Crippen LogP contribution in [0.25, 0.3) is 0 Å². The molecule has 3 nitrogen and oxygen atoms in total. The van der Waals surface area contributed by atoms with E-state index in [0.29, 0.717) is 12.3 Å². The van der Waals surface area contributed by atoms with Crippen LogP contribution < -0.4 is 0 Å². The SMILES string of the molecule is C=C1C=C[C@](C)(C(C)C(=O)C[C@@]2(C)C(C)CCC2C(=O)CO)C(CC)=C1. The van der Waals surface area contributed by atoms with E-state index in [2.05, 4.69) is 46.4 Å². The Morgan fingerprint density at radius 1 is 1.35 bits per heavy atom. The highest BCUT2D eigenvalue weighted by molar-refractivity contribution is 5.87. The Bertz CT molecular complexity index is 656. The number of hydrogen-bond acceptors (Lipinski definition) is 3. The van der Waals surface area contributed by atoms with E-state index in [0.717, 1.165) is 24.8 Å². The van der Waals surface area contributed by atoms with E-state index >= 15 is 0 Å². The zero-order valence-corrected chi connectivity index (χ0v) is 17.0. The molecule has 0 radical (unpaired) electrons. The predicted molar refractivity (Wildman–Crippen MR) is 106 cm³/mol. The first kappa shape index (κ1) is 20.8. The van der Waals surface area contributed by atoms with Crippen LogP contribution in [0.15, 0.2) is 36.0 Å². The Morgan fingerprint density at radius 3 is 2.58 bits per heavy atom. The standard InChI is InChI=1S/C23H34O3/c1-7-18-12-15(2)10-11-22(18,5)17(4)20(25)13-23(6)16(3)8-9-19(23)21(26)14-24/h10-12,16-17,19,24H,2,7-9,13-14H2,1,3-6H3/t16?,17?,19?,22-,23+/m1/s1. The minimum Gasteiger partial charge on any atom is -0.389 e. The molecule has 0 aromatic carbocycles. The van der Waals surface area contributed by atoms with Crippen LogP contribution in [-0.2, 0) is 9.59 Å². The minimum absolute atomic E-state index is 0.119. The lowest BCUT2D eigenvalue weighted by molar-refractivity contribution is -0.133. The molecule has 0 heterocycles. The molecule has 0 amide bonds. The molecule has 0 aliphatic heterocycles. The lowest BCUT2D eigenvalue weighted by Crippen LogP contribution is -2.40. The minimum atomic E-state index is -0.429. The van der Waals surface area contributed by atoms with Crippen LogP contribution >= 0.6 is 0 Å². The van der Waals surface area contributed by atoms with Crippen molar-refractivity contribution in [3.63, 3.8) is 0 Å². The molecule has 0 spiro atoms. The van der Waals surface area contributed by atoms with Crippen LogP contribution in [0.1, 0.15) is 60.3 Å². The number of carbonyl (C=O) groups is 2. The lowest BCUT2D eigenvalue weighted by Gasteiger charge is -2.40. The average Bonchev–Trinajstić information content (AvgIpc) is 2.90. The van der Waals surface area contributed by atoms with E-state index in [1.807, 2.05) is 13.0 Å². The zero-order valence-electron chi connectivity index (χ0n) is 17.0. The number of Topliss-reactive ketones (excluding diaryl/α,β-unsaturated/α-hetero) is 2. The summed E-state index contributed by atoms with van der Waals surface area (Å²) < 4.78 is 0. The van der Waals surface area contributed by atoms with Gasteiger partial charge in [-0.1, -0.05) is 65.0 Å². The Hall–Kier alpha value is -1.48. The van der Waals surface area contributed by atoms with E-state index in [-0.39, 0.29) is 34.2 Å².